The third kappa shape index (κ3) is 6.88. The average molecular weight is 487 g/mol. The van der Waals surface area contributed by atoms with E-state index in [1.165, 1.54) is 24.3 Å². The first kappa shape index (κ1) is 26.5. The molecule has 7 nitrogen and oxygen atoms in total. The Labute approximate surface area is 195 Å². The molecule has 1 unspecified atom stereocenters. The van der Waals surface area contributed by atoms with Crippen molar-refractivity contribution in [2.45, 2.75) is 33.0 Å². The fourth-order valence-electron chi connectivity index (χ4n) is 3.13. The molecule has 11 heteroatoms. The third-order valence-electron chi connectivity index (χ3n) is 5.22. The number of amides is 1. The van der Waals surface area contributed by atoms with Gasteiger partial charge < -0.3 is 14.5 Å². The van der Waals surface area contributed by atoms with E-state index in [-0.39, 0.29) is 28.6 Å². The molecule has 0 N–H and O–H groups in total. The minimum absolute atomic E-state index is 0.0636. The van der Waals surface area contributed by atoms with Gasteiger partial charge in [-0.1, -0.05) is 25.4 Å². The highest BCUT2D eigenvalue weighted by atomic mass is 35.5. The summed E-state index contributed by atoms with van der Waals surface area (Å²) in [4.78, 5) is 37.0. The number of likely N-dealkylation sites (N-methyl/N-ethyl adjacent to an activating group) is 1. The Morgan fingerprint density at radius 2 is 1.76 bits per heavy atom. The van der Waals surface area contributed by atoms with Crippen molar-refractivity contribution in [1.82, 2.24) is 19.8 Å². The van der Waals surface area contributed by atoms with Crippen LogP contribution in [0.15, 0.2) is 30.6 Å². The minimum atomic E-state index is -4.66. The summed E-state index contributed by atoms with van der Waals surface area (Å²) >= 11 is 5.80. The van der Waals surface area contributed by atoms with Crippen LogP contribution in [-0.4, -0.2) is 64.9 Å². The number of carbonyl (C=O) groups is 2. The fraction of sp³-hybridized carbons (Fsp3) is 0.455. The molecule has 33 heavy (non-hydrogen) atoms. The second kappa shape index (κ2) is 11.4. The number of hydrogen-bond acceptors (Lipinski definition) is 6. The average Bonchev–Trinajstić information content (AvgIpc) is 2.79. The van der Waals surface area contributed by atoms with E-state index in [9.17, 15) is 22.8 Å². The van der Waals surface area contributed by atoms with Crippen LogP contribution in [0.5, 0.6) is 0 Å². The summed E-state index contributed by atoms with van der Waals surface area (Å²) in [6, 6.07) is 1.85. The summed E-state index contributed by atoms with van der Waals surface area (Å²) in [5.41, 5.74) is -1.17. The number of hydrogen-bond donors (Lipinski definition) is 0. The lowest BCUT2D eigenvalue weighted by Crippen LogP contribution is -2.32. The van der Waals surface area contributed by atoms with Gasteiger partial charge in [-0.25, -0.2) is 9.78 Å². The molecule has 1 aromatic carbocycles. The minimum Gasteiger partial charge on any atom is -0.460 e. The van der Waals surface area contributed by atoms with Crippen LogP contribution in [-0.2, 0) is 10.9 Å². The van der Waals surface area contributed by atoms with Gasteiger partial charge in [0.25, 0.3) is 5.91 Å². The van der Waals surface area contributed by atoms with Gasteiger partial charge in [-0.3, -0.25) is 9.78 Å². The summed E-state index contributed by atoms with van der Waals surface area (Å²) in [6.45, 7) is 7.92. The normalized spacial score (nSPS) is 12.5. The standard InChI is InChI=1S/C22H26ClF3N4O3/c1-5-30(6-2)9-10-33-21(32)19-18(27-7-8-28-19)14(3)29(4)20(31)15-11-16(22(24,25)26)13-17(23)12-15/h7-8,11-14H,5-6,9-10H2,1-4H3. The van der Waals surface area contributed by atoms with Crippen molar-refractivity contribution < 1.29 is 27.5 Å². The summed E-state index contributed by atoms with van der Waals surface area (Å²) < 4.78 is 44.7. The molecule has 0 saturated carbocycles. The lowest BCUT2D eigenvalue weighted by molar-refractivity contribution is -0.137. The van der Waals surface area contributed by atoms with Gasteiger partial charge in [0.2, 0.25) is 0 Å². The monoisotopic (exact) mass is 486 g/mol. The molecular formula is C22H26ClF3N4O3. The maximum atomic E-state index is 13.1. The first-order chi connectivity index (χ1) is 15.5. The van der Waals surface area contributed by atoms with Crippen LogP contribution >= 0.6 is 11.6 Å². The zero-order valence-electron chi connectivity index (χ0n) is 18.8. The topological polar surface area (TPSA) is 75.6 Å². The van der Waals surface area contributed by atoms with E-state index >= 15 is 0 Å². The molecule has 0 aliphatic heterocycles. The lowest BCUT2D eigenvalue weighted by atomic mass is 10.1. The first-order valence-corrected chi connectivity index (χ1v) is 10.7. The molecule has 0 aliphatic carbocycles. The van der Waals surface area contributed by atoms with Crippen LogP contribution in [0, 0.1) is 0 Å². The Bertz CT molecular complexity index is 984. The van der Waals surface area contributed by atoms with Crippen LogP contribution in [0.4, 0.5) is 13.2 Å². The molecular weight excluding hydrogens is 461 g/mol. The summed E-state index contributed by atoms with van der Waals surface area (Å²) in [7, 11) is 1.39. The molecule has 0 aliphatic rings. The lowest BCUT2D eigenvalue weighted by Gasteiger charge is -2.26. The number of nitrogens with zero attached hydrogens (tertiary/aromatic N) is 4. The third-order valence-corrected chi connectivity index (χ3v) is 5.44. The van der Waals surface area contributed by atoms with E-state index in [0.29, 0.717) is 6.54 Å². The molecule has 1 atom stereocenters. The largest absolute Gasteiger partial charge is 0.460 e. The molecule has 1 heterocycles. The molecule has 2 aromatic rings. The highest BCUT2D eigenvalue weighted by molar-refractivity contribution is 6.31. The number of benzene rings is 1. The van der Waals surface area contributed by atoms with E-state index in [1.54, 1.807) is 6.92 Å². The maximum Gasteiger partial charge on any atom is 0.416 e. The number of esters is 1. The SMILES string of the molecule is CCN(CC)CCOC(=O)c1nccnc1C(C)N(C)C(=O)c1cc(Cl)cc(C(F)(F)F)c1. The van der Waals surface area contributed by atoms with Crippen molar-refractivity contribution in [2.75, 3.05) is 33.3 Å². The molecule has 1 aromatic heterocycles. The van der Waals surface area contributed by atoms with Crippen molar-refractivity contribution in [2.24, 2.45) is 0 Å². The number of ether oxygens (including phenoxy) is 1. The van der Waals surface area contributed by atoms with Gasteiger partial charge in [-0.05, 0) is 38.2 Å². The van der Waals surface area contributed by atoms with Gasteiger partial charge in [0.15, 0.2) is 5.69 Å². The van der Waals surface area contributed by atoms with Gasteiger partial charge in [0.05, 0.1) is 17.3 Å². The number of aromatic nitrogens is 2. The maximum absolute atomic E-state index is 13.1. The Kier molecular flexibility index (Phi) is 9.18. The molecule has 0 bridgehead atoms. The van der Waals surface area contributed by atoms with Gasteiger partial charge in [0, 0.05) is 36.6 Å². The zero-order chi connectivity index (χ0) is 24.8. The Balaban J connectivity index is 2.23. The van der Waals surface area contributed by atoms with Crippen molar-refractivity contribution in [3.63, 3.8) is 0 Å². The smallest absolute Gasteiger partial charge is 0.416 e. The molecule has 0 radical (unpaired) electrons. The number of halogens is 4. The highest BCUT2D eigenvalue weighted by Crippen LogP contribution is 2.32. The van der Waals surface area contributed by atoms with Crippen molar-refractivity contribution >= 4 is 23.5 Å². The van der Waals surface area contributed by atoms with Crippen LogP contribution < -0.4 is 0 Å². The van der Waals surface area contributed by atoms with E-state index in [4.69, 9.17) is 16.3 Å². The molecule has 2 rings (SSSR count). The number of carbonyl (C=O) groups excluding carboxylic acids is 2. The van der Waals surface area contributed by atoms with Crippen LogP contribution in [0.1, 0.15) is 58.9 Å². The predicted molar refractivity (Wildman–Crippen MR) is 117 cm³/mol. The van der Waals surface area contributed by atoms with Gasteiger partial charge in [-0.2, -0.15) is 13.2 Å². The van der Waals surface area contributed by atoms with Gasteiger partial charge in [-0.15, -0.1) is 0 Å². The van der Waals surface area contributed by atoms with E-state index in [2.05, 4.69) is 14.9 Å². The van der Waals surface area contributed by atoms with E-state index < -0.39 is 29.7 Å². The Morgan fingerprint density at radius 1 is 1.12 bits per heavy atom. The van der Waals surface area contributed by atoms with Crippen molar-refractivity contribution in [3.8, 4) is 0 Å². The van der Waals surface area contributed by atoms with Gasteiger partial charge in [0.1, 0.15) is 6.61 Å². The molecule has 0 saturated heterocycles. The second-order valence-electron chi connectivity index (χ2n) is 7.27. The fourth-order valence-corrected chi connectivity index (χ4v) is 3.36. The quantitative estimate of drug-likeness (QED) is 0.486. The summed E-state index contributed by atoms with van der Waals surface area (Å²) in [6.07, 6.45) is -1.97. The molecule has 1 amide bonds. The zero-order valence-corrected chi connectivity index (χ0v) is 19.6. The van der Waals surface area contributed by atoms with Gasteiger partial charge >= 0.3 is 12.1 Å². The molecule has 0 spiro atoms. The number of alkyl halides is 3. The summed E-state index contributed by atoms with van der Waals surface area (Å²) in [5, 5.41) is -0.216. The van der Waals surface area contributed by atoms with E-state index in [0.717, 1.165) is 31.3 Å². The molecule has 0 fully saturated rings. The van der Waals surface area contributed by atoms with Crippen molar-refractivity contribution in [3.05, 3.63) is 58.1 Å². The summed E-state index contributed by atoms with van der Waals surface area (Å²) in [5.74, 6) is -1.41. The predicted octanol–water partition coefficient (Wildman–Crippen LogP) is 4.48. The van der Waals surface area contributed by atoms with Crippen molar-refractivity contribution in [1.29, 1.82) is 0 Å². The van der Waals surface area contributed by atoms with Crippen LogP contribution in [0.2, 0.25) is 5.02 Å². The highest BCUT2D eigenvalue weighted by Gasteiger charge is 2.33. The Hall–Kier alpha value is -2.72. The number of rotatable bonds is 9. The molecule has 180 valence electrons. The first-order valence-electron chi connectivity index (χ1n) is 10.3. The second-order valence-corrected chi connectivity index (χ2v) is 7.71. The Morgan fingerprint density at radius 3 is 2.36 bits per heavy atom. The van der Waals surface area contributed by atoms with E-state index in [1.807, 2.05) is 13.8 Å². The van der Waals surface area contributed by atoms with Crippen LogP contribution in [0.3, 0.4) is 0 Å². The van der Waals surface area contributed by atoms with Crippen LogP contribution in [0.25, 0.3) is 0 Å².